The fourth-order valence-corrected chi connectivity index (χ4v) is 4.10. The summed E-state index contributed by atoms with van der Waals surface area (Å²) in [5, 5.41) is 2.77. The molecule has 2 aromatic rings. The van der Waals surface area contributed by atoms with Crippen molar-refractivity contribution in [3.05, 3.63) is 60.2 Å². The summed E-state index contributed by atoms with van der Waals surface area (Å²) in [7, 11) is -3.62. The van der Waals surface area contributed by atoms with Crippen molar-refractivity contribution >= 4 is 27.5 Å². The van der Waals surface area contributed by atoms with E-state index in [1.807, 2.05) is 18.2 Å². The van der Waals surface area contributed by atoms with Gasteiger partial charge in [-0.05, 0) is 36.2 Å². The minimum atomic E-state index is -3.62. The molecule has 0 atom stereocenters. The van der Waals surface area contributed by atoms with Crippen LogP contribution < -0.4 is 10.0 Å². The van der Waals surface area contributed by atoms with Crippen LogP contribution in [0.3, 0.4) is 0 Å². The van der Waals surface area contributed by atoms with Gasteiger partial charge in [-0.2, -0.15) is 0 Å². The maximum Gasteiger partial charge on any atom is 0.240 e. The Morgan fingerprint density at radius 1 is 1.07 bits per heavy atom. The highest BCUT2D eigenvalue weighted by atomic mass is 32.2. The van der Waals surface area contributed by atoms with Gasteiger partial charge < -0.3 is 10.2 Å². The van der Waals surface area contributed by atoms with Crippen LogP contribution in [0, 0.1) is 0 Å². The molecule has 0 bridgehead atoms. The van der Waals surface area contributed by atoms with Crippen LogP contribution in [0.1, 0.15) is 24.8 Å². The molecule has 0 unspecified atom stereocenters. The minimum absolute atomic E-state index is 0.00499. The van der Waals surface area contributed by atoms with Crippen molar-refractivity contribution in [2.24, 2.45) is 0 Å². The van der Waals surface area contributed by atoms with E-state index in [0.29, 0.717) is 18.7 Å². The maximum atomic E-state index is 12.1. The highest BCUT2D eigenvalue weighted by Crippen LogP contribution is 2.17. The van der Waals surface area contributed by atoms with E-state index >= 15 is 0 Å². The summed E-state index contributed by atoms with van der Waals surface area (Å²) < 4.78 is 26.7. The smallest absolute Gasteiger partial charge is 0.240 e. The summed E-state index contributed by atoms with van der Waals surface area (Å²) in [6.07, 6.45) is 1.49. The van der Waals surface area contributed by atoms with Gasteiger partial charge in [0.15, 0.2) is 0 Å². The lowest BCUT2D eigenvalue weighted by atomic mass is 10.2. The van der Waals surface area contributed by atoms with Gasteiger partial charge in [-0.3, -0.25) is 9.59 Å². The summed E-state index contributed by atoms with van der Waals surface area (Å²) in [5.74, 6) is -0.134. The number of hydrogen-bond acceptors (Lipinski definition) is 4. The molecule has 2 amide bonds. The van der Waals surface area contributed by atoms with Crippen LogP contribution in [0.5, 0.6) is 0 Å². The number of carbonyl (C=O) groups is 2. The first-order chi connectivity index (χ1) is 13.4. The van der Waals surface area contributed by atoms with Gasteiger partial charge in [-0.25, -0.2) is 13.1 Å². The average Bonchev–Trinajstić information content (AvgIpc) is 3.07. The van der Waals surface area contributed by atoms with Gasteiger partial charge in [0.2, 0.25) is 21.8 Å². The van der Waals surface area contributed by atoms with E-state index in [0.717, 1.165) is 18.5 Å². The van der Waals surface area contributed by atoms with Gasteiger partial charge in [0.25, 0.3) is 0 Å². The van der Waals surface area contributed by atoms with E-state index < -0.39 is 10.0 Å². The highest BCUT2D eigenvalue weighted by Gasteiger charge is 2.20. The third-order valence-corrected chi connectivity index (χ3v) is 5.93. The minimum Gasteiger partial charge on any atom is -0.338 e. The monoisotopic (exact) mass is 401 g/mol. The number of benzene rings is 2. The van der Waals surface area contributed by atoms with Crippen LogP contribution in [0.4, 0.5) is 5.69 Å². The van der Waals surface area contributed by atoms with Crippen LogP contribution in [-0.2, 0) is 26.2 Å². The molecule has 148 valence electrons. The first-order valence-corrected chi connectivity index (χ1v) is 10.6. The molecule has 7 nitrogen and oxygen atoms in total. The van der Waals surface area contributed by atoms with E-state index in [1.54, 1.807) is 29.2 Å². The molecule has 0 saturated carbocycles. The standard InChI is InChI=1S/C20H23N3O4S/c24-19(11-12-21-28(26,27)18-8-2-1-3-9-18)22-17-7-4-6-16(14-17)15-23-13-5-10-20(23)25/h1-4,6-9,14,21H,5,10-13,15H2,(H,22,24). The fourth-order valence-electron chi connectivity index (χ4n) is 3.04. The highest BCUT2D eigenvalue weighted by molar-refractivity contribution is 7.89. The Bertz CT molecular complexity index is 945. The number of rotatable bonds is 8. The van der Waals surface area contributed by atoms with E-state index in [4.69, 9.17) is 0 Å². The molecule has 2 N–H and O–H groups in total. The summed E-state index contributed by atoms with van der Waals surface area (Å²) in [5.41, 5.74) is 1.57. The van der Waals surface area contributed by atoms with E-state index in [9.17, 15) is 18.0 Å². The number of nitrogens with zero attached hydrogens (tertiary/aromatic N) is 1. The molecule has 1 aliphatic rings. The van der Waals surface area contributed by atoms with Gasteiger partial charge in [0.1, 0.15) is 0 Å². The normalized spacial score (nSPS) is 14.3. The van der Waals surface area contributed by atoms with E-state index in [-0.39, 0.29) is 29.7 Å². The quantitative estimate of drug-likeness (QED) is 0.708. The topological polar surface area (TPSA) is 95.6 Å². The molecular formula is C20H23N3O4S. The third-order valence-electron chi connectivity index (χ3n) is 4.45. The van der Waals surface area contributed by atoms with Crippen molar-refractivity contribution in [2.45, 2.75) is 30.7 Å². The van der Waals surface area contributed by atoms with Crippen molar-refractivity contribution in [2.75, 3.05) is 18.4 Å². The van der Waals surface area contributed by atoms with Gasteiger partial charge in [-0.15, -0.1) is 0 Å². The Balaban J connectivity index is 1.49. The lowest BCUT2D eigenvalue weighted by Crippen LogP contribution is -2.27. The van der Waals surface area contributed by atoms with E-state index in [1.165, 1.54) is 12.1 Å². The number of nitrogens with one attached hydrogen (secondary N) is 2. The van der Waals surface area contributed by atoms with Crippen LogP contribution in [0.15, 0.2) is 59.5 Å². The summed E-state index contributed by atoms with van der Waals surface area (Å²) in [6.45, 7) is 1.29. The molecule has 1 saturated heterocycles. The molecular weight excluding hydrogens is 378 g/mol. The largest absolute Gasteiger partial charge is 0.338 e. The number of hydrogen-bond donors (Lipinski definition) is 2. The van der Waals surface area contributed by atoms with Gasteiger partial charge in [-0.1, -0.05) is 30.3 Å². The third kappa shape index (κ3) is 5.40. The first kappa shape index (κ1) is 20.0. The van der Waals surface area contributed by atoms with Gasteiger partial charge in [0.05, 0.1) is 4.90 Å². The SMILES string of the molecule is O=C(CCNS(=O)(=O)c1ccccc1)Nc1cccc(CN2CCCC2=O)c1. The predicted octanol–water partition coefficient (Wildman–Crippen LogP) is 2.12. The van der Waals surface area contributed by atoms with Crippen molar-refractivity contribution in [1.82, 2.24) is 9.62 Å². The zero-order chi connectivity index (χ0) is 20.0. The number of amides is 2. The van der Waals surface area contributed by atoms with Crippen LogP contribution in [0.25, 0.3) is 0 Å². The lowest BCUT2D eigenvalue weighted by Gasteiger charge is -2.16. The van der Waals surface area contributed by atoms with Crippen molar-refractivity contribution in [3.63, 3.8) is 0 Å². The Hall–Kier alpha value is -2.71. The Labute approximate surface area is 164 Å². The van der Waals surface area contributed by atoms with Gasteiger partial charge >= 0.3 is 0 Å². The predicted molar refractivity (Wildman–Crippen MR) is 106 cm³/mol. The van der Waals surface area contributed by atoms with Crippen molar-refractivity contribution in [1.29, 1.82) is 0 Å². The lowest BCUT2D eigenvalue weighted by molar-refractivity contribution is -0.128. The Kier molecular flexibility index (Phi) is 6.43. The molecule has 0 aromatic heterocycles. The van der Waals surface area contributed by atoms with Crippen LogP contribution >= 0.6 is 0 Å². The first-order valence-electron chi connectivity index (χ1n) is 9.15. The molecule has 2 aromatic carbocycles. The van der Waals surface area contributed by atoms with Crippen molar-refractivity contribution < 1.29 is 18.0 Å². The molecule has 1 aliphatic heterocycles. The second kappa shape index (κ2) is 8.99. The second-order valence-electron chi connectivity index (χ2n) is 6.63. The summed E-state index contributed by atoms with van der Waals surface area (Å²) >= 11 is 0. The maximum absolute atomic E-state index is 12.1. The number of carbonyl (C=O) groups excluding carboxylic acids is 2. The summed E-state index contributed by atoms with van der Waals surface area (Å²) in [6, 6.07) is 15.4. The van der Waals surface area contributed by atoms with Crippen molar-refractivity contribution in [3.8, 4) is 0 Å². The second-order valence-corrected chi connectivity index (χ2v) is 8.40. The molecule has 1 heterocycles. The zero-order valence-electron chi connectivity index (χ0n) is 15.4. The average molecular weight is 401 g/mol. The zero-order valence-corrected chi connectivity index (χ0v) is 16.2. The Morgan fingerprint density at radius 2 is 1.86 bits per heavy atom. The number of likely N-dealkylation sites (tertiary alicyclic amines) is 1. The molecule has 8 heteroatoms. The fraction of sp³-hybridized carbons (Fsp3) is 0.300. The molecule has 0 radical (unpaired) electrons. The summed E-state index contributed by atoms with van der Waals surface area (Å²) in [4.78, 5) is 25.8. The van der Waals surface area contributed by atoms with Crippen LogP contribution in [-0.4, -0.2) is 38.2 Å². The molecule has 28 heavy (non-hydrogen) atoms. The van der Waals surface area contributed by atoms with Gasteiger partial charge in [0, 0.05) is 38.2 Å². The molecule has 0 spiro atoms. The van der Waals surface area contributed by atoms with Crippen LogP contribution in [0.2, 0.25) is 0 Å². The molecule has 0 aliphatic carbocycles. The number of sulfonamides is 1. The number of anilines is 1. The molecule has 3 rings (SSSR count). The van der Waals surface area contributed by atoms with E-state index in [2.05, 4.69) is 10.0 Å². The Morgan fingerprint density at radius 3 is 2.57 bits per heavy atom. The molecule has 1 fully saturated rings.